The van der Waals surface area contributed by atoms with Crippen molar-refractivity contribution < 1.29 is 9.84 Å². The van der Waals surface area contributed by atoms with E-state index in [1.165, 1.54) is 0 Å². The Morgan fingerprint density at radius 2 is 2.00 bits per heavy atom. The van der Waals surface area contributed by atoms with Gasteiger partial charge in [0, 0.05) is 12.1 Å². The molecule has 1 aromatic rings. The molecule has 0 spiro atoms. The van der Waals surface area contributed by atoms with Crippen molar-refractivity contribution in [3.8, 4) is 5.75 Å². The minimum atomic E-state index is -0.500. The normalized spacial score (nSPS) is 13.6. The lowest BCUT2D eigenvalue weighted by Gasteiger charge is -2.35. The average Bonchev–Trinajstić information content (AvgIpc) is 2.37. The molecule has 3 N–H and O–H groups in total. The van der Waals surface area contributed by atoms with Gasteiger partial charge in [0.05, 0.1) is 18.9 Å². The van der Waals surface area contributed by atoms with E-state index in [1.54, 1.807) is 19.2 Å². The van der Waals surface area contributed by atoms with Gasteiger partial charge in [-0.2, -0.15) is 0 Å². The molecule has 1 unspecified atom stereocenters. The van der Waals surface area contributed by atoms with Gasteiger partial charge in [0.1, 0.15) is 5.75 Å². The number of nitrogens with two attached hydrogens (primary N) is 1. The van der Waals surface area contributed by atoms with E-state index >= 15 is 0 Å². The summed E-state index contributed by atoms with van der Waals surface area (Å²) in [6, 6.07) is 5.46. The molecule has 0 fully saturated rings. The summed E-state index contributed by atoms with van der Waals surface area (Å²) in [4.78, 5) is 2.35. The number of rotatable bonds is 6. The van der Waals surface area contributed by atoms with Gasteiger partial charge in [0.2, 0.25) is 0 Å². The van der Waals surface area contributed by atoms with E-state index in [9.17, 15) is 5.11 Å². The second-order valence-corrected chi connectivity index (χ2v) is 6.06. The van der Waals surface area contributed by atoms with Gasteiger partial charge in [-0.3, -0.25) is 4.90 Å². The van der Waals surface area contributed by atoms with Crippen molar-refractivity contribution in [2.45, 2.75) is 45.8 Å². The van der Waals surface area contributed by atoms with E-state index in [4.69, 9.17) is 10.5 Å². The quantitative estimate of drug-likeness (QED) is 0.787. The van der Waals surface area contributed by atoms with E-state index in [0.717, 1.165) is 18.7 Å². The number of hydrogen-bond acceptors (Lipinski definition) is 4. The second kappa shape index (κ2) is 6.95. The first-order valence-corrected chi connectivity index (χ1v) is 7.16. The van der Waals surface area contributed by atoms with Crippen LogP contribution in [0.5, 0.6) is 5.75 Å². The fraction of sp³-hybridized carbons (Fsp3) is 0.625. The standard InChI is InChI=1S/C16H28N2O2/c1-6-18(16(2,3)4)10-9-14(19)12-7-8-15(20-5)13(17)11-12/h7-8,11,14,19H,6,9-10,17H2,1-5H3. The number of benzene rings is 1. The number of methoxy groups -OCH3 is 1. The summed E-state index contributed by atoms with van der Waals surface area (Å²) in [6.07, 6.45) is 0.191. The zero-order chi connectivity index (χ0) is 15.3. The Kier molecular flexibility index (Phi) is 5.84. The molecule has 0 aromatic heterocycles. The van der Waals surface area contributed by atoms with Gasteiger partial charge in [0.15, 0.2) is 0 Å². The zero-order valence-corrected chi connectivity index (χ0v) is 13.3. The van der Waals surface area contributed by atoms with Crippen LogP contribution in [0.25, 0.3) is 0 Å². The predicted molar refractivity (Wildman–Crippen MR) is 84.0 cm³/mol. The van der Waals surface area contributed by atoms with Crippen LogP contribution < -0.4 is 10.5 Å². The van der Waals surface area contributed by atoms with Crippen molar-refractivity contribution in [2.24, 2.45) is 0 Å². The molecule has 0 radical (unpaired) electrons. The van der Waals surface area contributed by atoms with Gasteiger partial charge in [-0.15, -0.1) is 0 Å². The predicted octanol–water partition coefficient (Wildman–Crippen LogP) is 2.82. The summed E-state index contributed by atoms with van der Waals surface area (Å²) in [5.74, 6) is 0.644. The summed E-state index contributed by atoms with van der Waals surface area (Å²) in [7, 11) is 1.59. The third-order valence-corrected chi connectivity index (χ3v) is 3.64. The molecule has 0 saturated heterocycles. The topological polar surface area (TPSA) is 58.7 Å². The molecule has 4 nitrogen and oxygen atoms in total. The van der Waals surface area contributed by atoms with Gasteiger partial charge in [-0.05, 0) is 51.4 Å². The average molecular weight is 280 g/mol. The van der Waals surface area contributed by atoms with E-state index in [1.807, 2.05) is 6.07 Å². The molecule has 114 valence electrons. The number of nitrogens with zero attached hydrogens (tertiary/aromatic N) is 1. The van der Waals surface area contributed by atoms with Crippen molar-refractivity contribution in [3.05, 3.63) is 23.8 Å². The summed E-state index contributed by atoms with van der Waals surface area (Å²) < 4.78 is 5.13. The van der Waals surface area contributed by atoms with Crippen LogP contribution in [0.3, 0.4) is 0 Å². The molecule has 20 heavy (non-hydrogen) atoms. The number of ether oxygens (including phenoxy) is 1. The molecule has 0 aliphatic heterocycles. The maximum atomic E-state index is 10.3. The second-order valence-electron chi connectivity index (χ2n) is 6.06. The Labute approximate surface area is 122 Å². The minimum Gasteiger partial charge on any atom is -0.495 e. The lowest BCUT2D eigenvalue weighted by atomic mass is 10.0. The summed E-state index contributed by atoms with van der Waals surface area (Å²) in [5.41, 5.74) is 7.40. The summed E-state index contributed by atoms with van der Waals surface area (Å²) in [5, 5.41) is 10.3. The lowest BCUT2D eigenvalue weighted by molar-refractivity contribution is 0.0997. The molecule has 0 heterocycles. The van der Waals surface area contributed by atoms with Crippen LogP contribution in [-0.4, -0.2) is 35.7 Å². The van der Waals surface area contributed by atoms with Crippen LogP contribution in [0.4, 0.5) is 5.69 Å². The van der Waals surface area contributed by atoms with Crippen molar-refractivity contribution in [1.82, 2.24) is 4.90 Å². The van der Waals surface area contributed by atoms with Crippen LogP contribution in [0.1, 0.15) is 45.8 Å². The molecular formula is C16H28N2O2. The smallest absolute Gasteiger partial charge is 0.141 e. The van der Waals surface area contributed by atoms with Crippen LogP contribution in [0.2, 0.25) is 0 Å². The molecule has 1 rings (SSSR count). The van der Waals surface area contributed by atoms with Gasteiger partial charge in [0.25, 0.3) is 0 Å². The highest BCUT2D eigenvalue weighted by molar-refractivity contribution is 5.54. The molecule has 0 saturated carbocycles. The number of hydrogen-bond donors (Lipinski definition) is 2. The molecule has 0 aliphatic rings. The molecular weight excluding hydrogens is 252 g/mol. The van der Waals surface area contributed by atoms with Crippen LogP contribution in [0.15, 0.2) is 18.2 Å². The number of aliphatic hydroxyl groups excluding tert-OH is 1. The molecule has 1 aromatic carbocycles. The Bertz CT molecular complexity index is 427. The third kappa shape index (κ3) is 4.39. The molecule has 0 amide bonds. The molecule has 4 heteroatoms. The maximum absolute atomic E-state index is 10.3. The maximum Gasteiger partial charge on any atom is 0.141 e. The van der Waals surface area contributed by atoms with Crippen molar-refractivity contribution in [1.29, 1.82) is 0 Å². The van der Waals surface area contributed by atoms with E-state index in [2.05, 4.69) is 32.6 Å². The summed E-state index contributed by atoms with van der Waals surface area (Å²) in [6.45, 7) is 10.5. The van der Waals surface area contributed by atoms with E-state index in [0.29, 0.717) is 17.9 Å². The van der Waals surface area contributed by atoms with E-state index < -0.39 is 6.10 Å². The van der Waals surface area contributed by atoms with Gasteiger partial charge < -0.3 is 15.6 Å². The highest BCUT2D eigenvalue weighted by Gasteiger charge is 2.20. The SMILES string of the molecule is CCN(CCC(O)c1ccc(OC)c(N)c1)C(C)(C)C. The van der Waals surface area contributed by atoms with Crippen molar-refractivity contribution in [3.63, 3.8) is 0 Å². The fourth-order valence-electron chi connectivity index (χ4n) is 2.37. The molecule has 1 atom stereocenters. The first kappa shape index (κ1) is 16.8. The number of anilines is 1. The minimum absolute atomic E-state index is 0.118. The Morgan fingerprint density at radius 3 is 2.45 bits per heavy atom. The van der Waals surface area contributed by atoms with Gasteiger partial charge in [-0.1, -0.05) is 13.0 Å². The Morgan fingerprint density at radius 1 is 1.35 bits per heavy atom. The Balaban J connectivity index is 2.67. The molecule has 0 bridgehead atoms. The van der Waals surface area contributed by atoms with Crippen LogP contribution in [-0.2, 0) is 0 Å². The summed E-state index contributed by atoms with van der Waals surface area (Å²) >= 11 is 0. The van der Waals surface area contributed by atoms with Crippen molar-refractivity contribution in [2.75, 3.05) is 25.9 Å². The monoisotopic (exact) mass is 280 g/mol. The lowest BCUT2D eigenvalue weighted by Crippen LogP contribution is -2.42. The number of aliphatic hydroxyl groups is 1. The van der Waals surface area contributed by atoms with Crippen LogP contribution >= 0.6 is 0 Å². The largest absolute Gasteiger partial charge is 0.495 e. The zero-order valence-electron chi connectivity index (χ0n) is 13.3. The van der Waals surface area contributed by atoms with Gasteiger partial charge in [-0.25, -0.2) is 0 Å². The number of nitrogen functional groups attached to an aromatic ring is 1. The first-order chi connectivity index (χ1) is 9.29. The highest BCUT2D eigenvalue weighted by atomic mass is 16.5. The van der Waals surface area contributed by atoms with Crippen LogP contribution in [0, 0.1) is 0 Å². The highest BCUT2D eigenvalue weighted by Crippen LogP contribution is 2.27. The third-order valence-electron chi connectivity index (χ3n) is 3.64. The van der Waals surface area contributed by atoms with E-state index in [-0.39, 0.29) is 5.54 Å². The Hall–Kier alpha value is -1.26. The molecule has 0 aliphatic carbocycles. The first-order valence-electron chi connectivity index (χ1n) is 7.16. The van der Waals surface area contributed by atoms with Crippen molar-refractivity contribution >= 4 is 5.69 Å². The van der Waals surface area contributed by atoms with Gasteiger partial charge >= 0.3 is 0 Å². The fourth-order valence-corrected chi connectivity index (χ4v) is 2.37.